The second-order valence-electron chi connectivity index (χ2n) is 19.7. The van der Waals surface area contributed by atoms with E-state index in [0.29, 0.717) is 42.5 Å². The van der Waals surface area contributed by atoms with Crippen molar-refractivity contribution in [3.05, 3.63) is 84.0 Å². The van der Waals surface area contributed by atoms with Crippen LogP contribution in [0.25, 0.3) is 0 Å². The third-order valence-electron chi connectivity index (χ3n) is 17.5. The van der Waals surface area contributed by atoms with Gasteiger partial charge in [0.2, 0.25) is 0 Å². The van der Waals surface area contributed by atoms with E-state index in [4.69, 9.17) is 4.74 Å². The van der Waals surface area contributed by atoms with Gasteiger partial charge in [-0.2, -0.15) is 0 Å². The highest BCUT2D eigenvalue weighted by Gasteiger charge is 2.74. The Morgan fingerprint density at radius 3 is 2.28 bits per heavy atom. The average Bonchev–Trinajstić information content (AvgIpc) is 3.44. The van der Waals surface area contributed by atoms with Crippen LogP contribution in [0.2, 0.25) is 0 Å². The van der Waals surface area contributed by atoms with Crippen molar-refractivity contribution in [2.75, 3.05) is 25.5 Å². The monoisotopic (exact) mass is 732 g/mol. The summed E-state index contributed by atoms with van der Waals surface area (Å²) in [6.45, 7) is 10.4. The van der Waals surface area contributed by atoms with Crippen LogP contribution in [0.15, 0.2) is 78.4 Å². The summed E-state index contributed by atoms with van der Waals surface area (Å²) in [4.78, 5) is 31.3. The van der Waals surface area contributed by atoms with E-state index < -0.39 is 22.5 Å². The molecule has 11 unspecified atom stereocenters. The Labute approximate surface area is 321 Å². The van der Waals surface area contributed by atoms with E-state index in [9.17, 15) is 19.8 Å². The van der Waals surface area contributed by atoms with E-state index in [0.717, 1.165) is 55.8 Å². The summed E-state index contributed by atoms with van der Waals surface area (Å²) in [7, 11) is 1.64. The molecule has 11 rings (SSSR count). The summed E-state index contributed by atoms with van der Waals surface area (Å²) in [5.41, 5.74) is -0.112. The van der Waals surface area contributed by atoms with Crippen molar-refractivity contribution in [3.8, 4) is 5.75 Å². The molecule has 11 atom stereocenters. The Kier molecular flexibility index (Phi) is 8.25. The lowest BCUT2D eigenvalue weighted by Crippen LogP contribution is -2.67. The zero-order valence-corrected chi connectivity index (χ0v) is 32.9. The number of urea groups is 1. The van der Waals surface area contributed by atoms with Crippen molar-refractivity contribution in [2.24, 2.45) is 56.7 Å². The van der Waals surface area contributed by atoms with E-state index >= 15 is 0 Å². The van der Waals surface area contributed by atoms with Crippen LogP contribution in [0.5, 0.6) is 5.75 Å². The molecular formula is C47H60N2O5. The van der Waals surface area contributed by atoms with Crippen molar-refractivity contribution in [2.45, 2.75) is 104 Å². The second kappa shape index (κ2) is 12.3. The first-order chi connectivity index (χ1) is 25.7. The first-order valence-corrected chi connectivity index (χ1v) is 20.8. The normalized spacial score (nSPS) is 42.1. The number of fused-ring (bicyclic) bond motifs is 3. The van der Waals surface area contributed by atoms with Gasteiger partial charge in [0.1, 0.15) is 5.75 Å². The van der Waals surface area contributed by atoms with Gasteiger partial charge in [-0.25, -0.2) is 4.79 Å². The molecule has 7 heteroatoms. The smallest absolute Gasteiger partial charge is 0.321 e. The molecule has 0 saturated heterocycles. The number of hydrogen-bond donors (Lipinski definition) is 3. The van der Waals surface area contributed by atoms with Gasteiger partial charge in [0.25, 0.3) is 0 Å². The molecule has 6 fully saturated rings. The van der Waals surface area contributed by atoms with Gasteiger partial charge in [-0.05, 0) is 129 Å². The molecule has 2 aromatic carbocycles. The van der Waals surface area contributed by atoms with Crippen LogP contribution in [0.4, 0.5) is 10.5 Å². The first kappa shape index (κ1) is 36.2. The Hall–Kier alpha value is -3.42. The largest absolute Gasteiger partial charge is 0.497 e. The van der Waals surface area contributed by atoms with E-state index in [-0.39, 0.29) is 46.4 Å². The lowest BCUT2D eigenvalue weighted by Gasteiger charge is -2.71. The third-order valence-corrected chi connectivity index (χ3v) is 17.5. The van der Waals surface area contributed by atoms with Gasteiger partial charge in [-0.1, -0.05) is 76.3 Å². The summed E-state index contributed by atoms with van der Waals surface area (Å²) in [6, 6.07) is 17.0. The number of anilines is 1. The maximum atomic E-state index is 14.8. The molecular weight excluding hydrogens is 673 g/mol. The minimum absolute atomic E-state index is 0.0263. The predicted molar refractivity (Wildman–Crippen MR) is 211 cm³/mol. The maximum Gasteiger partial charge on any atom is 0.321 e. The standard InChI is InChI=1S/C47H60N2O5/c1-42(2)32-12-11-31(36(42)25-32)28-49(41(52)48-33-13-15-35(54-5)16-14-33)29-46(53)22-19-39-44(46,4)21-18-38-43(3)20-17-34(50)26-45(43)23-24-47(38,39)37(27-45)40(51)30-9-7-6-8-10-30/h6-10,13-16,23-24,27,31-32,34,36,38-39,50,53H,11-12,17-22,25-26,28-29H2,1-5H3,(H,48,52). The zero-order chi connectivity index (χ0) is 37.9. The van der Waals surface area contributed by atoms with Crippen LogP contribution in [0.3, 0.4) is 0 Å². The Balaban J connectivity index is 1.08. The van der Waals surface area contributed by atoms with Crippen LogP contribution >= 0.6 is 0 Å². The summed E-state index contributed by atoms with van der Waals surface area (Å²) < 4.78 is 5.37. The van der Waals surface area contributed by atoms with Crippen molar-refractivity contribution >= 4 is 17.5 Å². The number of methoxy groups -OCH3 is 1. The minimum Gasteiger partial charge on any atom is -0.497 e. The van der Waals surface area contributed by atoms with E-state index in [1.54, 1.807) is 7.11 Å². The lowest BCUT2D eigenvalue weighted by atomic mass is 9.32. The van der Waals surface area contributed by atoms with Crippen LogP contribution < -0.4 is 10.1 Å². The summed E-state index contributed by atoms with van der Waals surface area (Å²) in [5, 5.41) is 27.5. The highest BCUT2D eigenvalue weighted by molar-refractivity contribution is 6.10. The molecule has 288 valence electrons. The van der Waals surface area contributed by atoms with Gasteiger partial charge in [0.15, 0.2) is 5.78 Å². The third kappa shape index (κ3) is 4.92. The number of amides is 2. The van der Waals surface area contributed by atoms with E-state index in [1.807, 2.05) is 59.5 Å². The molecule has 4 bridgehead atoms. The number of benzene rings is 2. The van der Waals surface area contributed by atoms with Crippen molar-refractivity contribution in [3.63, 3.8) is 0 Å². The van der Waals surface area contributed by atoms with Crippen LogP contribution in [-0.4, -0.2) is 58.8 Å². The SMILES string of the molecule is COc1ccc(NC(=O)N(CC2CCC3CC2C3(C)C)CC2(O)CCC3C45C=CC6(C=C4C(=O)c4ccccc4)CC(O)CCC6(C)C5CCC32C)cc1. The molecule has 9 aliphatic rings. The number of carbonyl (C=O) groups is 2. The molecule has 6 saturated carbocycles. The number of aliphatic hydroxyl groups is 2. The molecule has 7 nitrogen and oxygen atoms in total. The number of ketones is 1. The van der Waals surface area contributed by atoms with Gasteiger partial charge in [0.05, 0.1) is 25.4 Å². The highest BCUT2D eigenvalue weighted by Crippen LogP contribution is 2.78. The number of aliphatic hydroxyl groups excluding tert-OH is 1. The zero-order valence-electron chi connectivity index (χ0n) is 32.9. The Bertz CT molecular complexity index is 1890. The highest BCUT2D eigenvalue weighted by atomic mass is 16.5. The Morgan fingerprint density at radius 1 is 0.870 bits per heavy atom. The van der Waals surface area contributed by atoms with Gasteiger partial charge in [-0.15, -0.1) is 0 Å². The summed E-state index contributed by atoms with van der Waals surface area (Å²) in [6.07, 6.45) is 15.6. The molecule has 2 amide bonds. The van der Waals surface area contributed by atoms with Crippen molar-refractivity contribution in [1.29, 1.82) is 0 Å². The number of nitrogens with one attached hydrogen (secondary N) is 1. The van der Waals surface area contributed by atoms with Gasteiger partial charge < -0.3 is 25.2 Å². The van der Waals surface area contributed by atoms with Gasteiger partial charge in [0, 0.05) is 39.6 Å². The van der Waals surface area contributed by atoms with Crippen molar-refractivity contribution < 1.29 is 24.5 Å². The van der Waals surface area contributed by atoms with Crippen LogP contribution in [0, 0.1) is 56.7 Å². The maximum absolute atomic E-state index is 14.8. The minimum atomic E-state index is -1.13. The second-order valence-corrected chi connectivity index (χ2v) is 19.7. The van der Waals surface area contributed by atoms with E-state index in [2.05, 4.69) is 51.2 Å². The number of hydrogen-bond acceptors (Lipinski definition) is 5. The summed E-state index contributed by atoms with van der Waals surface area (Å²) >= 11 is 0. The number of ether oxygens (including phenoxy) is 1. The molecule has 9 aliphatic carbocycles. The fourth-order valence-electron chi connectivity index (χ4n) is 14.2. The molecule has 0 aliphatic heterocycles. The molecule has 0 radical (unpaired) electrons. The topological polar surface area (TPSA) is 99.1 Å². The number of rotatable bonds is 8. The van der Waals surface area contributed by atoms with Crippen molar-refractivity contribution in [1.82, 2.24) is 4.90 Å². The van der Waals surface area contributed by atoms with Crippen LogP contribution in [-0.2, 0) is 0 Å². The Morgan fingerprint density at radius 2 is 1.57 bits per heavy atom. The molecule has 0 aromatic heterocycles. The molecule has 0 heterocycles. The summed E-state index contributed by atoms with van der Waals surface area (Å²) in [5.74, 6) is 2.79. The predicted octanol–water partition coefficient (Wildman–Crippen LogP) is 9.08. The number of allylic oxidation sites excluding steroid dienone is 4. The number of nitrogens with zero attached hydrogens (tertiary/aromatic N) is 1. The number of carbonyl (C=O) groups excluding carboxylic acids is 2. The van der Waals surface area contributed by atoms with E-state index in [1.165, 1.54) is 12.8 Å². The fourth-order valence-corrected chi connectivity index (χ4v) is 14.2. The quantitative estimate of drug-likeness (QED) is 0.186. The van der Waals surface area contributed by atoms with Crippen LogP contribution in [0.1, 0.15) is 102 Å². The lowest BCUT2D eigenvalue weighted by molar-refractivity contribution is -0.176. The fraction of sp³-hybridized carbons (Fsp3) is 0.617. The molecule has 54 heavy (non-hydrogen) atoms. The van der Waals surface area contributed by atoms with Gasteiger partial charge >= 0.3 is 6.03 Å². The molecule has 3 N–H and O–H groups in total. The first-order valence-electron chi connectivity index (χ1n) is 20.8. The molecule has 2 spiro atoms. The average molecular weight is 733 g/mol. The molecule has 2 aromatic rings. The number of Topliss-reactive ketones (excluding diaryl/α,β-unsaturated/α-hetero) is 1. The van der Waals surface area contributed by atoms with Gasteiger partial charge in [-0.3, -0.25) is 4.79 Å².